The highest BCUT2D eigenvalue weighted by atomic mass is 19.4. The SMILES string of the molecule is CCC(N)CN(CC(F)(F)F)C1CC1. The maximum atomic E-state index is 12.2. The Kier molecular flexibility index (Phi) is 3.78. The van der Waals surface area contributed by atoms with Gasteiger partial charge in [0.25, 0.3) is 0 Å². The summed E-state index contributed by atoms with van der Waals surface area (Å²) in [5.74, 6) is 0. The Balaban J connectivity index is 2.39. The molecule has 2 N–H and O–H groups in total. The minimum atomic E-state index is -4.10. The van der Waals surface area contributed by atoms with E-state index in [1.807, 2.05) is 6.92 Å². The first-order chi connectivity index (χ1) is 6.42. The predicted octanol–water partition coefficient (Wildman–Crippen LogP) is 1.75. The first kappa shape index (κ1) is 11.8. The Morgan fingerprint density at radius 3 is 2.36 bits per heavy atom. The van der Waals surface area contributed by atoms with Crippen molar-refractivity contribution >= 4 is 0 Å². The van der Waals surface area contributed by atoms with E-state index in [1.165, 1.54) is 4.90 Å². The molecule has 0 bridgehead atoms. The van der Waals surface area contributed by atoms with Gasteiger partial charge in [0, 0.05) is 18.6 Å². The summed E-state index contributed by atoms with van der Waals surface area (Å²) in [6, 6.07) is -0.0211. The molecule has 0 aromatic carbocycles. The fourth-order valence-corrected chi connectivity index (χ4v) is 1.44. The van der Waals surface area contributed by atoms with Crippen molar-refractivity contribution in [3.8, 4) is 0 Å². The molecule has 0 aromatic rings. The third kappa shape index (κ3) is 4.28. The van der Waals surface area contributed by atoms with Crippen LogP contribution in [0.4, 0.5) is 13.2 Å². The lowest BCUT2D eigenvalue weighted by Gasteiger charge is -2.25. The second kappa shape index (κ2) is 4.49. The molecule has 0 heterocycles. The lowest BCUT2D eigenvalue weighted by atomic mass is 10.2. The van der Waals surface area contributed by atoms with Gasteiger partial charge in [-0.25, -0.2) is 0 Å². The van der Waals surface area contributed by atoms with Gasteiger partial charge in [-0.3, -0.25) is 4.90 Å². The van der Waals surface area contributed by atoms with Crippen LogP contribution in [0.3, 0.4) is 0 Å². The molecule has 1 rings (SSSR count). The van der Waals surface area contributed by atoms with E-state index >= 15 is 0 Å². The molecule has 1 aliphatic rings. The molecule has 1 unspecified atom stereocenters. The topological polar surface area (TPSA) is 29.3 Å². The van der Waals surface area contributed by atoms with E-state index < -0.39 is 12.7 Å². The maximum Gasteiger partial charge on any atom is 0.401 e. The summed E-state index contributed by atoms with van der Waals surface area (Å²) >= 11 is 0. The second-order valence-corrected chi connectivity index (χ2v) is 3.94. The van der Waals surface area contributed by atoms with E-state index in [0.717, 1.165) is 19.3 Å². The van der Waals surface area contributed by atoms with E-state index in [9.17, 15) is 13.2 Å². The van der Waals surface area contributed by atoms with Crippen molar-refractivity contribution in [2.45, 2.75) is 44.4 Å². The van der Waals surface area contributed by atoms with Crippen LogP contribution < -0.4 is 5.73 Å². The standard InChI is InChI=1S/C9H17F3N2/c1-2-7(13)5-14(8-3-4-8)6-9(10,11)12/h7-8H,2-6,13H2,1H3. The van der Waals surface area contributed by atoms with Gasteiger partial charge in [0.05, 0.1) is 6.54 Å². The molecule has 1 saturated carbocycles. The predicted molar refractivity (Wildman–Crippen MR) is 48.9 cm³/mol. The van der Waals surface area contributed by atoms with Crippen molar-refractivity contribution in [1.82, 2.24) is 4.90 Å². The minimum Gasteiger partial charge on any atom is -0.327 e. The van der Waals surface area contributed by atoms with Gasteiger partial charge in [0.2, 0.25) is 0 Å². The zero-order valence-corrected chi connectivity index (χ0v) is 8.35. The normalized spacial score (nSPS) is 20.1. The van der Waals surface area contributed by atoms with E-state index in [-0.39, 0.29) is 12.1 Å². The summed E-state index contributed by atoms with van der Waals surface area (Å²) in [4.78, 5) is 1.47. The smallest absolute Gasteiger partial charge is 0.327 e. The fraction of sp³-hybridized carbons (Fsp3) is 1.00. The van der Waals surface area contributed by atoms with Crippen molar-refractivity contribution in [2.75, 3.05) is 13.1 Å². The van der Waals surface area contributed by atoms with Crippen molar-refractivity contribution in [3.05, 3.63) is 0 Å². The average Bonchev–Trinajstić information content (AvgIpc) is 2.82. The number of alkyl halides is 3. The molecule has 1 atom stereocenters. The molecule has 2 nitrogen and oxygen atoms in total. The molecular formula is C9H17F3N2. The zero-order valence-electron chi connectivity index (χ0n) is 8.35. The van der Waals surface area contributed by atoms with Gasteiger partial charge in [0.1, 0.15) is 0 Å². The number of halogens is 3. The number of hydrogen-bond donors (Lipinski definition) is 1. The van der Waals surface area contributed by atoms with Crippen LogP contribution in [0.1, 0.15) is 26.2 Å². The van der Waals surface area contributed by atoms with Gasteiger partial charge in [-0.15, -0.1) is 0 Å². The highest BCUT2D eigenvalue weighted by Gasteiger charge is 2.38. The van der Waals surface area contributed by atoms with Crippen molar-refractivity contribution in [3.63, 3.8) is 0 Å². The molecule has 0 radical (unpaired) electrons. The summed E-state index contributed by atoms with van der Waals surface area (Å²) in [7, 11) is 0. The molecule has 84 valence electrons. The third-order valence-electron chi connectivity index (χ3n) is 2.44. The molecule has 5 heteroatoms. The van der Waals surface area contributed by atoms with Gasteiger partial charge >= 0.3 is 6.18 Å². The Labute approximate surface area is 82.2 Å². The van der Waals surface area contributed by atoms with Gasteiger partial charge < -0.3 is 5.73 Å². The summed E-state index contributed by atoms with van der Waals surface area (Å²) in [5.41, 5.74) is 5.65. The van der Waals surface area contributed by atoms with Gasteiger partial charge in [-0.2, -0.15) is 13.2 Å². The molecule has 0 spiro atoms. The van der Waals surface area contributed by atoms with E-state index in [0.29, 0.717) is 6.54 Å². The number of hydrogen-bond acceptors (Lipinski definition) is 2. The maximum absolute atomic E-state index is 12.2. The Morgan fingerprint density at radius 1 is 1.43 bits per heavy atom. The fourth-order valence-electron chi connectivity index (χ4n) is 1.44. The number of nitrogens with two attached hydrogens (primary N) is 1. The van der Waals surface area contributed by atoms with Crippen LogP contribution in [0.5, 0.6) is 0 Å². The van der Waals surface area contributed by atoms with E-state index in [1.54, 1.807) is 0 Å². The lowest BCUT2D eigenvalue weighted by Crippen LogP contribution is -2.43. The summed E-state index contributed by atoms with van der Waals surface area (Å²) < 4.78 is 36.5. The van der Waals surface area contributed by atoms with Crippen molar-refractivity contribution < 1.29 is 13.2 Å². The van der Waals surface area contributed by atoms with Crippen LogP contribution >= 0.6 is 0 Å². The Bertz CT molecular complexity index is 177. The highest BCUT2D eigenvalue weighted by Crippen LogP contribution is 2.30. The Morgan fingerprint density at radius 2 is 2.00 bits per heavy atom. The molecule has 0 amide bonds. The first-order valence-electron chi connectivity index (χ1n) is 4.98. The third-order valence-corrected chi connectivity index (χ3v) is 2.44. The highest BCUT2D eigenvalue weighted by molar-refractivity contribution is 4.87. The molecule has 1 aliphatic carbocycles. The zero-order chi connectivity index (χ0) is 10.8. The van der Waals surface area contributed by atoms with Crippen molar-refractivity contribution in [2.24, 2.45) is 5.73 Å². The first-order valence-corrected chi connectivity index (χ1v) is 4.98. The average molecular weight is 210 g/mol. The monoisotopic (exact) mass is 210 g/mol. The number of rotatable bonds is 5. The molecule has 14 heavy (non-hydrogen) atoms. The van der Waals surface area contributed by atoms with Crippen LogP contribution in [0.15, 0.2) is 0 Å². The summed E-state index contributed by atoms with van der Waals surface area (Å²) in [6.45, 7) is 1.44. The van der Waals surface area contributed by atoms with Gasteiger partial charge in [-0.05, 0) is 19.3 Å². The van der Waals surface area contributed by atoms with E-state index in [2.05, 4.69) is 0 Å². The van der Waals surface area contributed by atoms with Crippen LogP contribution in [-0.4, -0.2) is 36.2 Å². The number of nitrogens with zero attached hydrogens (tertiary/aromatic N) is 1. The molecule has 1 fully saturated rings. The van der Waals surface area contributed by atoms with Crippen LogP contribution in [-0.2, 0) is 0 Å². The van der Waals surface area contributed by atoms with E-state index in [4.69, 9.17) is 5.73 Å². The molecule has 0 saturated heterocycles. The minimum absolute atomic E-state index is 0.120. The lowest BCUT2D eigenvalue weighted by molar-refractivity contribution is -0.147. The molecule has 0 aromatic heterocycles. The molecule has 0 aliphatic heterocycles. The van der Waals surface area contributed by atoms with Crippen LogP contribution in [0, 0.1) is 0 Å². The largest absolute Gasteiger partial charge is 0.401 e. The van der Waals surface area contributed by atoms with Crippen LogP contribution in [0.2, 0.25) is 0 Å². The summed E-state index contributed by atoms with van der Waals surface area (Å²) in [6.07, 6.45) is -1.61. The Hall–Kier alpha value is -0.290. The summed E-state index contributed by atoms with van der Waals surface area (Å²) in [5, 5.41) is 0. The quantitative estimate of drug-likeness (QED) is 0.749. The second-order valence-electron chi connectivity index (χ2n) is 3.94. The van der Waals surface area contributed by atoms with Gasteiger partial charge in [-0.1, -0.05) is 6.92 Å². The van der Waals surface area contributed by atoms with Gasteiger partial charge in [0.15, 0.2) is 0 Å². The molecular weight excluding hydrogens is 193 g/mol. The van der Waals surface area contributed by atoms with Crippen LogP contribution in [0.25, 0.3) is 0 Å². The van der Waals surface area contributed by atoms with Crippen molar-refractivity contribution in [1.29, 1.82) is 0 Å².